The van der Waals surface area contributed by atoms with E-state index in [9.17, 15) is 9.59 Å². The number of benzene rings is 1. The Morgan fingerprint density at radius 2 is 1.75 bits per heavy atom. The van der Waals surface area contributed by atoms with E-state index in [-0.39, 0.29) is 17.7 Å². The summed E-state index contributed by atoms with van der Waals surface area (Å²) in [5.74, 6) is 2.36. The normalized spacial score (nSPS) is 10.2. The first-order chi connectivity index (χ1) is 7.66. The summed E-state index contributed by atoms with van der Waals surface area (Å²) in [4.78, 5) is 23.9. The van der Waals surface area contributed by atoms with Crippen molar-refractivity contribution in [3.63, 3.8) is 0 Å². The van der Waals surface area contributed by atoms with Crippen molar-refractivity contribution < 1.29 is 0 Å². The zero-order valence-electron chi connectivity index (χ0n) is 8.80. The molecule has 0 N–H and O–H groups in total. The Balaban J connectivity index is 3.02. The van der Waals surface area contributed by atoms with Gasteiger partial charge in [0, 0.05) is 7.05 Å². The summed E-state index contributed by atoms with van der Waals surface area (Å²) in [5.41, 5.74) is -0.457. The minimum Gasteiger partial charge on any atom is -0.267 e. The van der Waals surface area contributed by atoms with Gasteiger partial charge < -0.3 is 0 Å². The SMILES string of the molecule is C#CCn1c(=O)c2ccccc2c(=O)n1C. The van der Waals surface area contributed by atoms with Gasteiger partial charge in [0.1, 0.15) is 6.54 Å². The van der Waals surface area contributed by atoms with Crippen LogP contribution < -0.4 is 11.1 Å². The van der Waals surface area contributed by atoms with Gasteiger partial charge in [-0.3, -0.25) is 9.59 Å². The number of fused-ring (bicyclic) bond motifs is 1. The van der Waals surface area contributed by atoms with Crippen LogP contribution in [-0.2, 0) is 13.6 Å². The van der Waals surface area contributed by atoms with Crippen LogP contribution in [-0.4, -0.2) is 9.36 Å². The molecule has 2 aromatic rings. The third-order valence-corrected chi connectivity index (χ3v) is 2.52. The van der Waals surface area contributed by atoms with Gasteiger partial charge in [0.2, 0.25) is 0 Å². The van der Waals surface area contributed by atoms with Gasteiger partial charge in [-0.15, -0.1) is 6.42 Å². The molecule has 0 bridgehead atoms. The first-order valence-electron chi connectivity index (χ1n) is 4.79. The summed E-state index contributed by atoms with van der Waals surface area (Å²) < 4.78 is 2.51. The van der Waals surface area contributed by atoms with Crippen molar-refractivity contribution >= 4 is 10.8 Å². The molecule has 0 saturated carbocycles. The Labute approximate surface area is 91.7 Å². The lowest BCUT2D eigenvalue weighted by molar-refractivity contribution is 0.517. The predicted molar refractivity (Wildman–Crippen MR) is 62.3 cm³/mol. The Kier molecular flexibility index (Phi) is 2.37. The van der Waals surface area contributed by atoms with Crippen molar-refractivity contribution in [3.05, 3.63) is 45.0 Å². The van der Waals surface area contributed by atoms with Gasteiger partial charge in [-0.1, -0.05) is 18.1 Å². The maximum absolute atomic E-state index is 12.0. The largest absolute Gasteiger partial charge is 0.274 e. The van der Waals surface area contributed by atoms with Crippen molar-refractivity contribution in [3.8, 4) is 12.3 Å². The Bertz CT molecular complexity index is 702. The molecule has 0 aliphatic carbocycles. The van der Waals surface area contributed by atoms with Crippen LogP contribution in [0.5, 0.6) is 0 Å². The fourth-order valence-electron chi connectivity index (χ4n) is 1.68. The third-order valence-electron chi connectivity index (χ3n) is 2.52. The highest BCUT2D eigenvalue weighted by Gasteiger charge is 2.08. The fraction of sp³-hybridized carbons (Fsp3) is 0.167. The molecule has 4 heteroatoms. The Morgan fingerprint density at radius 3 is 2.31 bits per heavy atom. The van der Waals surface area contributed by atoms with E-state index in [0.29, 0.717) is 10.8 Å². The summed E-state index contributed by atoms with van der Waals surface area (Å²) in [5, 5.41) is 0.823. The van der Waals surface area contributed by atoms with Crippen LogP contribution >= 0.6 is 0 Å². The van der Waals surface area contributed by atoms with Crippen LogP contribution in [0.2, 0.25) is 0 Å². The summed E-state index contributed by atoms with van der Waals surface area (Å²) in [6.45, 7) is 0.0927. The molecule has 0 saturated heterocycles. The van der Waals surface area contributed by atoms with E-state index in [2.05, 4.69) is 5.92 Å². The van der Waals surface area contributed by atoms with Crippen LogP contribution in [0, 0.1) is 12.3 Å². The van der Waals surface area contributed by atoms with E-state index in [4.69, 9.17) is 6.42 Å². The molecule has 2 rings (SSSR count). The van der Waals surface area contributed by atoms with E-state index in [1.165, 1.54) is 16.4 Å². The van der Waals surface area contributed by atoms with Crippen LogP contribution in [0.3, 0.4) is 0 Å². The van der Waals surface area contributed by atoms with Crippen molar-refractivity contribution in [2.45, 2.75) is 6.54 Å². The van der Waals surface area contributed by atoms with Crippen LogP contribution in [0.25, 0.3) is 10.8 Å². The number of aromatic nitrogens is 2. The number of terminal acetylenes is 1. The third kappa shape index (κ3) is 1.34. The van der Waals surface area contributed by atoms with E-state index in [1.54, 1.807) is 24.3 Å². The molecular formula is C12H10N2O2. The number of hydrogen-bond donors (Lipinski definition) is 0. The van der Waals surface area contributed by atoms with Crippen LogP contribution in [0.4, 0.5) is 0 Å². The smallest absolute Gasteiger partial charge is 0.267 e. The number of rotatable bonds is 1. The molecule has 4 nitrogen and oxygen atoms in total. The van der Waals surface area contributed by atoms with Gasteiger partial charge in [-0.25, -0.2) is 9.36 Å². The summed E-state index contributed by atoms with van der Waals surface area (Å²) in [7, 11) is 1.54. The lowest BCUT2D eigenvalue weighted by atomic mass is 10.2. The predicted octanol–water partition coefficient (Wildman–Crippen LogP) is 0.333. The van der Waals surface area contributed by atoms with E-state index >= 15 is 0 Å². The summed E-state index contributed by atoms with van der Waals surface area (Å²) in [6, 6.07) is 6.73. The Hall–Kier alpha value is -2.28. The molecule has 1 aromatic heterocycles. The van der Waals surface area contributed by atoms with Crippen molar-refractivity contribution in [2.24, 2.45) is 7.05 Å². The zero-order chi connectivity index (χ0) is 11.7. The van der Waals surface area contributed by atoms with Crippen molar-refractivity contribution in [1.82, 2.24) is 9.36 Å². The summed E-state index contributed by atoms with van der Waals surface area (Å²) in [6.07, 6.45) is 5.17. The zero-order valence-corrected chi connectivity index (χ0v) is 8.80. The molecule has 1 aromatic carbocycles. The van der Waals surface area contributed by atoms with Gasteiger partial charge in [-0.2, -0.15) is 0 Å². The van der Waals surface area contributed by atoms with E-state index < -0.39 is 0 Å². The number of hydrogen-bond acceptors (Lipinski definition) is 2. The topological polar surface area (TPSA) is 44.0 Å². The molecule has 0 aliphatic rings. The highest BCUT2D eigenvalue weighted by molar-refractivity contribution is 5.80. The molecule has 0 amide bonds. The second kappa shape index (κ2) is 3.70. The molecule has 0 atom stereocenters. The molecule has 16 heavy (non-hydrogen) atoms. The average Bonchev–Trinajstić information content (AvgIpc) is 2.32. The molecule has 80 valence electrons. The Morgan fingerprint density at radius 1 is 1.19 bits per heavy atom. The van der Waals surface area contributed by atoms with E-state index in [0.717, 1.165) is 0 Å². The lowest BCUT2D eigenvalue weighted by Crippen LogP contribution is -2.36. The highest BCUT2D eigenvalue weighted by atomic mass is 16.2. The van der Waals surface area contributed by atoms with Gasteiger partial charge in [0.15, 0.2) is 0 Å². The second-order valence-corrected chi connectivity index (χ2v) is 3.44. The fourth-order valence-corrected chi connectivity index (χ4v) is 1.68. The number of nitrogens with zero attached hydrogens (tertiary/aromatic N) is 2. The standard InChI is InChI=1S/C12H10N2O2/c1-3-8-14-12(16)10-7-5-4-6-9(10)11(15)13(14)2/h1,4-7H,8H2,2H3. The van der Waals surface area contributed by atoms with Gasteiger partial charge >= 0.3 is 0 Å². The second-order valence-electron chi connectivity index (χ2n) is 3.44. The molecule has 0 unspecified atom stereocenters. The molecule has 0 spiro atoms. The minimum atomic E-state index is -0.240. The van der Waals surface area contributed by atoms with E-state index in [1.807, 2.05) is 0 Å². The van der Waals surface area contributed by atoms with Crippen LogP contribution in [0.15, 0.2) is 33.9 Å². The maximum Gasteiger partial charge on any atom is 0.274 e. The highest BCUT2D eigenvalue weighted by Crippen LogP contribution is 2.02. The lowest BCUT2D eigenvalue weighted by Gasteiger charge is -2.09. The molecule has 1 heterocycles. The molecule has 0 fully saturated rings. The van der Waals surface area contributed by atoms with Crippen LogP contribution in [0.1, 0.15) is 0 Å². The molecule has 0 radical (unpaired) electrons. The minimum absolute atomic E-state index is 0.0927. The molecular weight excluding hydrogens is 204 g/mol. The quantitative estimate of drug-likeness (QED) is 0.642. The average molecular weight is 214 g/mol. The van der Waals surface area contributed by atoms with Gasteiger partial charge in [-0.05, 0) is 12.1 Å². The molecule has 0 aliphatic heterocycles. The maximum atomic E-state index is 12.0. The monoisotopic (exact) mass is 214 g/mol. The van der Waals surface area contributed by atoms with Crippen molar-refractivity contribution in [2.75, 3.05) is 0 Å². The van der Waals surface area contributed by atoms with Gasteiger partial charge in [0.05, 0.1) is 10.8 Å². The van der Waals surface area contributed by atoms with Crippen molar-refractivity contribution in [1.29, 1.82) is 0 Å². The van der Waals surface area contributed by atoms with Gasteiger partial charge in [0.25, 0.3) is 11.1 Å². The summed E-state index contributed by atoms with van der Waals surface area (Å²) >= 11 is 0. The first-order valence-corrected chi connectivity index (χ1v) is 4.79. The first kappa shape index (κ1) is 10.2.